The van der Waals surface area contributed by atoms with Crippen molar-refractivity contribution >= 4 is 18.3 Å². The Morgan fingerprint density at radius 3 is 2.08 bits per heavy atom. The van der Waals surface area contributed by atoms with Gasteiger partial charge in [-0.25, -0.2) is 9.59 Å². The highest BCUT2D eigenvalue weighted by Crippen LogP contribution is 2.42. The van der Waals surface area contributed by atoms with Crippen molar-refractivity contribution in [3.05, 3.63) is 35.9 Å². The lowest BCUT2D eigenvalue weighted by atomic mass is 9.73. The van der Waals surface area contributed by atoms with E-state index in [2.05, 4.69) is 0 Å². The zero-order valence-electron chi connectivity index (χ0n) is 40.7. The average Bonchev–Trinajstić information content (AvgIpc) is 3.25. The molecule has 3 aliphatic heterocycles. The number of nitrogens with zero attached hydrogens (tertiary/aromatic N) is 1. The topological polar surface area (TPSA) is 228 Å². The minimum Gasteiger partial charge on any atom is -0.459 e. The van der Waals surface area contributed by atoms with E-state index in [0.717, 1.165) is 5.56 Å². The molecule has 1 aromatic rings. The summed E-state index contributed by atoms with van der Waals surface area (Å²) in [6, 6.07) is 8.72. The van der Waals surface area contributed by atoms with Gasteiger partial charge in [-0.1, -0.05) is 58.0 Å². The van der Waals surface area contributed by atoms with Crippen molar-refractivity contribution in [1.29, 1.82) is 0 Å². The third-order valence-corrected chi connectivity index (χ3v) is 13.8. The van der Waals surface area contributed by atoms with Gasteiger partial charge < -0.3 is 72.7 Å². The number of cyclic esters (lactones) is 1. The summed E-state index contributed by atoms with van der Waals surface area (Å²) in [4.78, 5) is 42.1. The van der Waals surface area contributed by atoms with Crippen molar-refractivity contribution in [1.82, 2.24) is 4.90 Å². The number of esters is 1. The number of benzene rings is 1. The van der Waals surface area contributed by atoms with Gasteiger partial charge in [0.15, 0.2) is 24.8 Å². The molecule has 0 aromatic heterocycles. The molecule has 0 radical (unpaired) electrons. The number of carbonyl (C=O) groups excluding carboxylic acids is 3. The predicted octanol–water partition coefficient (Wildman–Crippen LogP) is 4.73. The van der Waals surface area contributed by atoms with Gasteiger partial charge in [0, 0.05) is 25.4 Å². The fourth-order valence-corrected chi connectivity index (χ4v) is 9.92. The maximum Gasteiger partial charge on any atom is 0.509 e. The van der Waals surface area contributed by atoms with Gasteiger partial charge in [-0.15, -0.1) is 0 Å². The van der Waals surface area contributed by atoms with Gasteiger partial charge in [0.2, 0.25) is 0 Å². The predicted molar refractivity (Wildman–Crippen MR) is 234 cm³/mol. The lowest BCUT2D eigenvalue weighted by Crippen LogP contribution is -2.62. The minimum absolute atomic E-state index is 0.0141. The van der Waals surface area contributed by atoms with Crippen LogP contribution in [0.25, 0.3) is 0 Å². The van der Waals surface area contributed by atoms with E-state index in [1.165, 1.54) is 28.1 Å². The largest absolute Gasteiger partial charge is 0.509 e. The van der Waals surface area contributed by atoms with E-state index in [1.54, 1.807) is 48.5 Å². The second kappa shape index (κ2) is 22.8. The van der Waals surface area contributed by atoms with Crippen LogP contribution in [-0.2, 0) is 58.8 Å². The highest BCUT2D eigenvalue weighted by Gasteiger charge is 2.55. The van der Waals surface area contributed by atoms with E-state index in [4.69, 9.17) is 47.4 Å². The lowest BCUT2D eigenvalue weighted by molar-refractivity contribution is -0.319. The van der Waals surface area contributed by atoms with Crippen LogP contribution < -0.4 is 0 Å². The van der Waals surface area contributed by atoms with Crippen molar-refractivity contribution in [3.63, 3.8) is 0 Å². The van der Waals surface area contributed by atoms with E-state index in [1.807, 2.05) is 56.3 Å². The van der Waals surface area contributed by atoms with Crippen LogP contribution in [0, 0.1) is 23.7 Å². The van der Waals surface area contributed by atoms with Gasteiger partial charge in [0.25, 0.3) is 0 Å². The Morgan fingerprint density at radius 1 is 0.846 bits per heavy atom. The van der Waals surface area contributed by atoms with Crippen LogP contribution in [-0.4, -0.2) is 162 Å². The number of rotatable bonds is 11. The van der Waals surface area contributed by atoms with Crippen LogP contribution in [0.2, 0.25) is 0 Å². The summed E-state index contributed by atoms with van der Waals surface area (Å²) in [6.45, 7) is 16.4. The molecule has 372 valence electrons. The van der Waals surface area contributed by atoms with Gasteiger partial charge in [-0.2, -0.15) is 0 Å². The molecule has 0 saturated carbocycles. The van der Waals surface area contributed by atoms with E-state index in [9.17, 15) is 34.8 Å². The molecule has 3 heterocycles. The summed E-state index contributed by atoms with van der Waals surface area (Å²) >= 11 is 0. The summed E-state index contributed by atoms with van der Waals surface area (Å²) < 4.78 is 60.4. The number of aliphatic hydroxyl groups excluding tert-OH is 2. The molecular weight excluding hydrogens is 851 g/mol. The Morgan fingerprint density at radius 2 is 1.49 bits per heavy atom. The molecule has 4 rings (SSSR count). The van der Waals surface area contributed by atoms with Gasteiger partial charge >= 0.3 is 18.3 Å². The quantitative estimate of drug-likeness (QED) is 0.174. The molecule has 3 aliphatic rings. The fourth-order valence-electron chi connectivity index (χ4n) is 9.92. The van der Waals surface area contributed by atoms with E-state index in [-0.39, 0.29) is 25.9 Å². The van der Waals surface area contributed by atoms with Crippen LogP contribution >= 0.6 is 0 Å². The smallest absolute Gasteiger partial charge is 0.459 e. The second-order valence-corrected chi connectivity index (χ2v) is 19.4. The van der Waals surface area contributed by atoms with Gasteiger partial charge in [0.05, 0.1) is 61.3 Å². The molecule has 1 aromatic carbocycles. The molecule has 0 aliphatic carbocycles. The third-order valence-electron chi connectivity index (χ3n) is 13.8. The molecule has 0 amide bonds. The first-order valence-corrected chi connectivity index (χ1v) is 22.8. The zero-order chi connectivity index (χ0) is 48.8. The Balaban J connectivity index is 1.79. The molecule has 3 saturated heterocycles. The number of ether oxygens (including phenoxy) is 10. The first kappa shape index (κ1) is 54.4. The maximum absolute atomic E-state index is 14.5. The van der Waals surface area contributed by atoms with Crippen LogP contribution in [0.1, 0.15) is 100 Å². The molecule has 3 fully saturated rings. The van der Waals surface area contributed by atoms with Gasteiger partial charge in [-0.05, 0) is 86.4 Å². The van der Waals surface area contributed by atoms with E-state index < -0.39 is 132 Å². The number of carbonyl (C=O) groups is 3. The highest BCUT2D eigenvalue weighted by molar-refractivity contribution is 5.73. The summed E-state index contributed by atoms with van der Waals surface area (Å²) in [5, 5.41) is 47.9. The molecule has 4 N–H and O–H groups in total. The Labute approximate surface area is 384 Å². The molecule has 65 heavy (non-hydrogen) atoms. The summed E-state index contributed by atoms with van der Waals surface area (Å²) in [5.41, 5.74) is -4.30. The summed E-state index contributed by atoms with van der Waals surface area (Å²) in [6.07, 6.45) is -13.7. The number of hydrogen-bond donors (Lipinski definition) is 4. The molecular formula is C47H77NO17. The highest BCUT2D eigenvalue weighted by atomic mass is 16.8. The Kier molecular flexibility index (Phi) is 19.1. The minimum atomic E-state index is -2.00. The van der Waals surface area contributed by atoms with Crippen molar-refractivity contribution in [3.8, 4) is 0 Å². The van der Waals surface area contributed by atoms with Gasteiger partial charge in [0.1, 0.15) is 23.9 Å². The Hall–Kier alpha value is -3.17. The van der Waals surface area contributed by atoms with Crippen molar-refractivity contribution < 1.29 is 82.2 Å². The van der Waals surface area contributed by atoms with Crippen LogP contribution in [0.4, 0.5) is 9.59 Å². The summed E-state index contributed by atoms with van der Waals surface area (Å²) in [7, 11) is 6.30. The number of hydrogen-bond acceptors (Lipinski definition) is 18. The average molecular weight is 928 g/mol. The lowest BCUT2D eigenvalue weighted by Gasteiger charge is -2.50. The van der Waals surface area contributed by atoms with E-state index >= 15 is 0 Å². The molecule has 0 bridgehead atoms. The summed E-state index contributed by atoms with van der Waals surface area (Å²) in [5.74, 6) is -4.57. The second-order valence-electron chi connectivity index (χ2n) is 19.4. The van der Waals surface area contributed by atoms with Crippen molar-refractivity contribution in [2.24, 2.45) is 23.7 Å². The molecule has 19 atom stereocenters. The zero-order valence-corrected chi connectivity index (χ0v) is 40.7. The van der Waals surface area contributed by atoms with Crippen LogP contribution in [0.15, 0.2) is 30.3 Å². The normalized spacial score (nSPS) is 42.3. The molecule has 0 unspecified atom stereocenters. The van der Waals surface area contributed by atoms with Crippen molar-refractivity contribution in [2.75, 3.05) is 28.3 Å². The maximum atomic E-state index is 14.5. The first-order valence-electron chi connectivity index (χ1n) is 22.8. The van der Waals surface area contributed by atoms with Crippen molar-refractivity contribution in [2.45, 2.75) is 192 Å². The Bertz CT molecular complexity index is 1680. The monoisotopic (exact) mass is 928 g/mol. The SMILES string of the molecule is CC[C@H]1OC(=O)[C@H](C)[C@@H](O[C@H]2C[C@](C)(OC)[C@@H](OC(=O)OCc3ccccc3)[C@H](C)O2)[C@H](C)[C@@H](O[C@@H]2O[C@H](C)C[C@H](N(C)C)[C@H]2OC(=O)OC)[C@](C)(O)C[C@@H](C)[C@H](O)[C@H](C)[C@@H](O)[C@]1(C)O. The third kappa shape index (κ3) is 13.1. The number of likely N-dealkylation sites (N-methyl/N-ethyl adjacent to an activating group) is 1. The van der Waals surface area contributed by atoms with Crippen LogP contribution in [0.3, 0.4) is 0 Å². The van der Waals surface area contributed by atoms with Crippen LogP contribution in [0.5, 0.6) is 0 Å². The molecule has 0 spiro atoms. The van der Waals surface area contributed by atoms with E-state index in [0.29, 0.717) is 6.42 Å². The molecule has 18 nitrogen and oxygen atoms in total. The fraction of sp³-hybridized carbons (Fsp3) is 0.809. The van der Waals surface area contributed by atoms with Gasteiger partial charge in [-0.3, -0.25) is 4.79 Å². The first-order chi connectivity index (χ1) is 30.3. The molecule has 18 heteroatoms. The standard InChI is InChI=1S/C47H77NO17/c1-15-33-47(10,55)38(50)27(4)35(49)25(2)22-45(8,54)39(64-42-37(63-43(52)56-13)32(48(11)12)21-26(3)59-42)28(5)36(29(6)41(51)61-33)62-34-23-46(9,57-14)40(30(7)60-34)65-44(53)58-24-31-19-17-16-18-20-31/h16-20,25-30,32-40,42,49-50,54-55H,15,21-24H2,1-14H3/t25-,26-,27+,28+,29-,30+,32+,33-,34+,35+,36+,37-,38-,39-,40+,42+,45-,46+,47-/m1/s1. The number of methoxy groups -OCH3 is 2. The number of aliphatic hydroxyl groups is 4.